The van der Waals surface area contributed by atoms with Crippen LogP contribution in [0.3, 0.4) is 0 Å². The van der Waals surface area contributed by atoms with Crippen molar-refractivity contribution in [3.63, 3.8) is 0 Å². The summed E-state index contributed by atoms with van der Waals surface area (Å²) in [4.78, 5) is 12.5. The standard InChI is InChI=1S/C15H19BrO3/c1-15(7-3-4-8-19-15)14(17)10-11-9-12(16)5-6-13(11)18-2/h5-6,9H,3-4,7-8,10H2,1-2H3. The van der Waals surface area contributed by atoms with Crippen molar-refractivity contribution in [2.45, 2.75) is 38.2 Å². The highest BCUT2D eigenvalue weighted by Gasteiger charge is 2.35. The van der Waals surface area contributed by atoms with Gasteiger partial charge in [-0.05, 0) is 44.4 Å². The summed E-state index contributed by atoms with van der Waals surface area (Å²) < 4.78 is 12.0. The Labute approximate surface area is 122 Å². The summed E-state index contributed by atoms with van der Waals surface area (Å²) in [5.41, 5.74) is 0.267. The first kappa shape index (κ1) is 14.5. The first-order valence-electron chi connectivity index (χ1n) is 6.55. The Morgan fingerprint density at radius 3 is 2.89 bits per heavy atom. The van der Waals surface area contributed by atoms with Gasteiger partial charge in [0.15, 0.2) is 5.78 Å². The van der Waals surface area contributed by atoms with E-state index in [1.165, 1.54) is 0 Å². The van der Waals surface area contributed by atoms with Gasteiger partial charge in [-0.15, -0.1) is 0 Å². The average Bonchev–Trinajstić information content (AvgIpc) is 2.40. The Hall–Kier alpha value is -0.870. The zero-order valence-electron chi connectivity index (χ0n) is 11.4. The van der Waals surface area contributed by atoms with Gasteiger partial charge in [-0.1, -0.05) is 15.9 Å². The fourth-order valence-electron chi connectivity index (χ4n) is 2.40. The Bertz CT molecular complexity index is 464. The lowest BCUT2D eigenvalue weighted by molar-refractivity contribution is -0.147. The third-order valence-corrected chi connectivity index (χ3v) is 4.15. The number of carbonyl (C=O) groups excluding carboxylic acids is 1. The van der Waals surface area contributed by atoms with Crippen molar-refractivity contribution in [2.24, 2.45) is 0 Å². The fourth-order valence-corrected chi connectivity index (χ4v) is 2.81. The maximum absolute atomic E-state index is 12.5. The van der Waals surface area contributed by atoms with Gasteiger partial charge < -0.3 is 9.47 Å². The van der Waals surface area contributed by atoms with Crippen molar-refractivity contribution < 1.29 is 14.3 Å². The molecule has 104 valence electrons. The Morgan fingerprint density at radius 2 is 2.26 bits per heavy atom. The third kappa shape index (κ3) is 3.37. The number of hydrogen-bond donors (Lipinski definition) is 0. The van der Waals surface area contributed by atoms with E-state index in [9.17, 15) is 4.79 Å². The van der Waals surface area contributed by atoms with Crippen molar-refractivity contribution in [2.75, 3.05) is 13.7 Å². The monoisotopic (exact) mass is 326 g/mol. The fraction of sp³-hybridized carbons (Fsp3) is 0.533. The highest BCUT2D eigenvalue weighted by Crippen LogP contribution is 2.29. The second-order valence-electron chi connectivity index (χ2n) is 5.09. The van der Waals surface area contributed by atoms with Crippen molar-refractivity contribution >= 4 is 21.7 Å². The highest BCUT2D eigenvalue weighted by molar-refractivity contribution is 9.10. The lowest BCUT2D eigenvalue weighted by Crippen LogP contribution is -2.42. The highest BCUT2D eigenvalue weighted by atomic mass is 79.9. The molecule has 1 heterocycles. The molecular weight excluding hydrogens is 308 g/mol. The molecule has 1 unspecified atom stereocenters. The molecule has 0 amide bonds. The topological polar surface area (TPSA) is 35.5 Å². The van der Waals surface area contributed by atoms with Gasteiger partial charge >= 0.3 is 0 Å². The van der Waals surface area contributed by atoms with Gasteiger partial charge in [0, 0.05) is 23.1 Å². The van der Waals surface area contributed by atoms with Crippen LogP contribution in [0, 0.1) is 0 Å². The van der Waals surface area contributed by atoms with Crippen LogP contribution in [0.5, 0.6) is 5.75 Å². The van der Waals surface area contributed by atoms with Crippen molar-refractivity contribution in [1.29, 1.82) is 0 Å². The summed E-state index contributed by atoms with van der Waals surface area (Å²) in [6.07, 6.45) is 3.25. The molecule has 0 N–H and O–H groups in total. The summed E-state index contributed by atoms with van der Waals surface area (Å²) in [5.74, 6) is 0.875. The normalized spacial score (nSPS) is 23.1. The summed E-state index contributed by atoms with van der Waals surface area (Å²) in [6, 6.07) is 5.71. The molecule has 1 saturated heterocycles. The summed E-state index contributed by atoms with van der Waals surface area (Å²) in [7, 11) is 1.62. The van der Waals surface area contributed by atoms with E-state index in [-0.39, 0.29) is 5.78 Å². The summed E-state index contributed by atoms with van der Waals surface area (Å²) >= 11 is 3.43. The van der Waals surface area contributed by atoms with E-state index in [1.807, 2.05) is 25.1 Å². The van der Waals surface area contributed by atoms with Crippen LogP contribution >= 0.6 is 15.9 Å². The maximum atomic E-state index is 12.5. The second-order valence-corrected chi connectivity index (χ2v) is 6.01. The minimum Gasteiger partial charge on any atom is -0.496 e. The maximum Gasteiger partial charge on any atom is 0.168 e. The van der Waals surface area contributed by atoms with Gasteiger partial charge in [0.2, 0.25) is 0 Å². The predicted octanol–water partition coefficient (Wildman–Crippen LogP) is 3.53. The quantitative estimate of drug-likeness (QED) is 0.849. The molecular formula is C15H19BrO3. The minimum absolute atomic E-state index is 0.128. The van der Waals surface area contributed by atoms with Crippen LogP contribution < -0.4 is 4.74 Å². The minimum atomic E-state index is -0.633. The molecule has 0 bridgehead atoms. The van der Waals surface area contributed by atoms with E-state index in [2.05, 4.69) is 15.9 Å². The largest absolute Gasteiger partial charge is 0.496 e. The van der Waals surface area contributed by atoms with E-state index in [1.54, 1.807) is 7.11 Å². The van der Waals surface area contributed by atoms with Crippen LogP contribution in [0.25, 0.3) is 0 Å². The Morgan fingerprint density at radius 1 is 1.47 bits per heavy atom. The number of benzene rings is 1. The molecule has 0 aliphatic carbocycles. The number of Topliss-reactive ketones (excluding diaryl/α,β-unsaturated/α-hetero) is 1. The SMILES string of the molecule is COc1ccc(Br)cc1CC(=O)C1(C)CCCCO1. The van der Waals surface area contributed by atoms with E-state index < -0.39 is 5.60 Å². The third-order valence-electron chi connectivity index (χ3n) is 3.65. The van der Waals surface area contributed by atoms with Crippen molar-refractivity contribution in [3.8, 4) is 5.75 Å². The first-order chi connectivity index (χ1) is 9.05. The van der Waals surface area contributed by atoms with E-state index in [4.69, 9.17) is 9.47 Å². The van der Waals surface area contributed by atoms with Crippen LogP contribution in [-0.4, -0.2) is 25.1 Å². The molecule has 1 atom stereocenters. The van der Waals surface area contributed by atoms with Crippen molar-refractivity contribution in [3.05, 3.63) is 28.2 Å². The molecule has 3 nitrogen and oxygen atoms in total. The lowest BCUT2D eigenvalue weighted by atomic mass is 9.88. The zero-order valence-corrected chi connectivity index (χ0v) is 13.0. The van der Waals surface area contributed by atoms with E-state index >= 15 is 0 Å². The van der Waals surface area contributed by atoms with Gasteiger partial charge in [0.1, 0.15) is 11.4 Å². The molecule has 0 spiro atoms. The molecule has 0 radical (unpaired) electrons. The van der Waals surface area contributed by atoms with E-state index in [0.29, 0.717) is 13.0 Å². The number of rotatable bonds is 4. The molecule has 1 fully saturated rings. The average molecular weight is 327 g/mol. The first-order valence-corrected chi connectivity index (χ1v) is 7.34. The van der Waals surface area contributed by atoms with Crippen LogP contribution in [0.15, 0.2) is 22.7 Å². The molecule has 1 aliphatic heterocycles. The van der Waals surface area contributed by atoms with Crippen LogP contribution in [-0.2, 0) is 16.0 Å². The lowest BCUT2D eigenvalue weighted by Gasteiger charge is -2.32. The summed E-state index contributed by atoms with van der Waals surface area (Å²) in [5, 5.41) is 0. The molecule has 4 heteroatoms. The van der Waals surface area contributed by atoms with Crippen molar-refractivity contribution in [1.82, 2.24) is 0 Å². The molecule has 0 aromatic heterocycles. The van der Waals surface area contributed by atoms with Gasteiger partial charge in [-0.3, -0.25) is 4.79 Å². The molecule has 19 heavy (non-hydrogen) atoms. The molecule has 1 aliphatic rings. The van der Waals surface area contributed by atoms with Gasteiger partial charge in [0.25, 0.3) is 0 Å². The van der Waals surface area contributed by atoms with E-state index in [0.717, 1.165) is 35.0 Å². The second kappa shape index (κ2) is 6.06. The number of hydrogen-bond acceptors (Lipinski definition) is 3. The van der Waals surface area contributed by atoms with Gasteiger partial charge in [-0.2, -0.15) is 0 Å². The van der Waals surface area contributed by atoms with Gasteiger partial charge in [0.05, 0.1) is 7.11 Å². The van der Waals surface area contributed by atoms with Crippen LogP contribution in [0.2, 0.25) is 0 Å². The van der Waals surface area contributed by atoms with Crippen LogP contribution in [0.1, 0.15) is 31.7 Å². The number of carbonyl (C=O) groups is 1. The summed E-state index contributed by atoms with van der Waals surface area (Å²) in [6.45, 7) is 2.58. The Kier molecular flexibility index (Phi) is 4.63. The number of ketones is 1. The molecule has 1 aromatic carbocycles. The number of ether oxygens (including phenoxy) is 2. The number of halogens is 1. The molecule has 0 saturated carbocycles. The van der Waals surface area contributed by atoms with Gasteiger partial charge in [-0.25, -0.2) is 0 Å². The molecule has 1 aromatic rings. The smallest absolute Gasteiger partial charge is 0.168 e. The zero-order chi connectivity index (χ0) is 13.9. The van der Waals surface area contributed by atoms with Crippen LogP contribution in [0.4, 0.5) is 0 Å². The number of methoxy groups -OCH3 is 1. The predicted molar refractivity (Wildman–Crippen MR) is 77.6 cm³/mol. The molecule has 2 rings (SSSR count). The Balaban J connectivity index is 2.16.